The topological polar surface area (TPSA) is 75.5 Å². The van der Waals surface area contributed by atoms with E-state index in [4.69, 9.17) is 10.2 Å². The molecule has 1 aliphatic rings. The molecule has 1 aliphatic heterocycles. The molecule has 0 bridgehead atoms. The standard InChI is InChI=1S/C9H15N3O2/c1-9(13)2-3-12(6-9)5-7-4-11-8(10)14-7/h4,13H,2-3,5-6H2,1H3,(H2,10,11). The first-order valence-electron chi connectivity index (χ1n) is 4.70. The third-order valence-corrected chi connectivity index (χ3v) is 2.48. The smallest absolute Gasteiger partial charge is 0.292 e. The van der Waals surface area contributed by atoms with Crippen molar-refractivity contribution >= 4 is 6.01 Å². The molecule has 1 atom stereocenters. The predicted octanol–water partition coefficient (Wildman–Crippen LogP) is 0.214. The summed E-state index contributed by atoms with van der Waals surface area (Å²) < 4.78 is 5.16. The number of aliphatic hydroxyl groups is 1. The maximum atomic E-state index is 9.74. The molecule has 1 unspecified atom stereocenters. The van der Waals surface area contributed by atoms with E-state index >= 15 is 0 Å². The first-order valence-corrected chi connectivity index (χ1v) is 4.70. The van der Waals surface area contributed by atoms with Crippen LogP contribution in [-0.2, 0) is 6.54 Å². The highest BCUT2D eigenvalue weighted by atomic mass is 16.4. The molecule has 78 valence electrons. The van der Waals surface area contributed by atoms with Crippen LogP contribution in [-0.4, -0.2) is 33.7 Å². The first kappa shape index (κ1) is 9.48. The van der Waals surface area contributed by atoms with Gasteiger partial charge >= 0.3 is 0 Å². The van der Waals surface area contributed by atoms with Crippen LogP contribution in [0.15, 0.2) is 10.6 Å². The van der Waals surface area contributed by atoms with E-state index < -0.39 is 5.60 Å². The molecule has 2 heterocycles. The van der Waals surface area contributed by atoms with Crippen LogP contribution in [0.25, 0.3) is 0 Å². The maximum Gasteiger partial charge on any atom is 0.292 e. The van der Waals surface area contributed by atoms with Crippen molar-refractivity contribution < 1.29 is 9.52 Å². The van der Waals surface area contributed by atoms with Gasteiger partial charge in [-0.25, -0.2) is 4.98 Å². The van der Waals surface area contributed by atoms with Gasteiger partial charge in [0.15, 0.2) is 0 Å². The molecule has 3 N–H and O–H groups in total. The first-order chi connectivity index (χ1) is 6.55. The van der Waals surface area contributed by atoms with E-state index in [0.29, 0.717) is 13.1 Å². The van der Waals surface area contributed by atoms with Gasteiger partial charge in [0.05, 0.1) is 18.3 Å². The number of aromatic nitrogens is 1. The Bertz CT molecular complexity index is 322. The minimum absolute atomic E-state index is 0.200. The molecule has 0 saturated carbocycles. The second-order valence-corrected chi connectivity index (χ2v) is 4.12. The SMILES string of the molecule is CC1(O)CCN(Cc2cnc(N)o2)C1. The van der Waals surface area contributed by atoms with Gasteiger partial charge in [0.25, 0.3) is 6.01 Å². The molecule has 1 aromatic rings. The summed E-state index contributed by atoms with van der Waals surface area (Å²) in [5.41, 5.74) is 4.80. The molecule has 1 fully saturated rings. The zero-order valence-electron chi connectivity index (χ0n) is 8.23. The van der Waals surface area contributed by atoms with Crippen LogP contribution in [0.5, 0.6) is 0 Å². The summed E-state index contributed by atoms with van der Waals surface area (Å²) in [6.07, 6.45) is 2.43. The second-order valence-electron chi connectivity index (χ2n) is 4.12. The summed E-state index contributed by atoms with van der Waals surface area (Å²) in [7, 11) is 0. The summed E-state index contributed by atoms with van der Waals surface area (Å²) in [5.74, 6) is 0.750. The fourth-order valence-corrected chi connectivity index (χ4v) is 1.79. The molecular weight excluding hydrogens is 182 g/mol. The van der Waals surface area contributed by atoms with Crippen molar-refractivity contribution in [1.82, 2.24) is 9.88 Å². The Morgan fingerprint density at radius 1 is 1.79 bits per heavy atom. The number of β-amino-alcohol motifs (C(OH)–C–C–N with tert-alkyl or cyclic N) is 1. The van der Waals surface area contributed by atoms with Crippen LogP contribution in [0.2, 0.25) is 0 Å². The van der Waals surface area contributed by atoms with Crippen molar-refractivity contribution in [1.29, 1.82) is 0 Å². The van der Waals surface area contributed by atoms with Crippen molar-refractivity contribution in [2.24, 2.45) is 0 Å². The number of anilines is 1. The molecule has 5 nitrogen and oxygen atoms in total. The van der Waals surface area contributed by atoms with Gasteiger partial charge in [0.2, 0.25) is 0 Å². The van der Waals surface area contributed by atoms with Crippen LogP contribution in [0.3, 0.4) is 0 Å². The lowest BCUT2D eigenvalue weighted by Gasteiger charge is -2.17. The Labute approximate surface area is 82.5 Å². The third kappa shape index (κ3) is 2.05. The van der Waals surface area contributed by atoms with Crippen LogP contribution >= 0.6 is 0 Å². The Hall–Kier alpha value is -1.07. The monoisotopic (exact) mass is 197 g/mol. The quantitative estimate of drug-likeness (QED) is 0.709. The molecule has 0 spiro atoms. The van der Waals surface area contributed by atoms with Gasteiger partial charge in [-0.05, 0) is 13.3 Å². The van der Waals surface area contributed by atoms with Gasteiger partial charge in [0, 0.05) is 13.1 Å². The van der Waals surface area contributed by atoms with E-state index in [1.807, 2.05) is 6.92 Å². The zero-order chi connectivity index (χ0) is 10.2. The lowest BCUT2D eigenvalue weighted by atomic mass is 10.1. The summed E-state index contributed by atoms with van der Waals surface area (Å²) >= 11 is 0. The fourth-order valence-electron chi connectivity index (χ4n) is 1.79. The predicted molar refractivity (Wildman–Crippen MR) is 51.4 cm³/mol. The van der Waals surface area contributed by atoms with E-state index in [1.54, 1.807) is 6.20 Å². The van der Waals surface area contributed by atoms with Gasteiger partial charge in [0.1, 0.15) is 5.76 Å². The summed E-state index contributed by atoms with van der Waals surface area (Å²) in [5, 5.41) is 9.74. The molecule has 1 saturated heterocycles. The number of hydrogen-bond acceptors (Lipinski definition) is 5. The molecule has 0 radical (unpaired) electrons. The van der Waals surface area contributed by atoms with E-state index in [9.17, 15) is 5.11 Å². The van der Waals surface area contributed by atoms with E-state index in [2.05, 4.69) is 9.88 Å². The van der Waals surface area contributed by atoms with Crippen molar-refractivity contribution in [3.05, 3.63) is 12.0 Å². The van der Waals surface area contributed by atoms with Crippen LogP contribution in [0.4, 0.5) is 6.01 Å². The van der Waals surface area contributed by atoms with Gasteiger partial charge in [-0.2, -0.15) is 0 Å². The highest BCUT2D eigenvalue weighted by Gasteiger charge is 2.31. The van der Waals surface area contributed by atoms with Gasteiger partial charge in [-0.3, -0.25) is 4.90 Å². The van der Waals surface area contributed by atoms with Crippen molar-refractivity contribution in [3.63, 3.8) is 0 Å². The van der Waals surface area contributed by atoms with Gasteiger partial charge in [-0.1, -0.05) is 0 Å². The Morgan fingerprint density at radius 3 is 3.07 bits per heavy atom. The third-order valence-electron chi connectivity index (χ3n) is 2.48. The Balaban J connectivity index is 1.94. The van der Waals surface area contributed by atoms with Crippen molar-refractivity contribution in [2.75, 3.05) is 18.8 Å². The van der Waals surface area contributed by atoms with Crippen LogP contribution in [0, 0.1) is 0 Å². The molecule has 2 rings (SSSR count). The molecule has 0 amide bonds. The maximum absolute atomic E-state index is 9.74. The number of nitrogens with two attached hydrogens (primary N) is 1. The number of nitrogen functional groups attached to an aromatic ring is 1. The molecule has 14 heavy (non-hydrogen) atoms. The summed E-state index contributed by atoms with van der Waals surface area (Å²) in [6.45, 7) is 4.07. The van der Waals surface area contributed by atoms with Crippen molar-refractivity contribution in [3.8, 4) is 0 Å². The normalized spacial score (nSPS) is 28.4. The number of hydrogen-bond donors (Lipinski definition) is 2. The molecule has 1 aromatic heterocycles. The van der Waals surface area contributed by atoms with Gasteiger partial charge in [-0.15, -0.1) is 0 Å². The molecular formula is C9H15N3O2. The summed E-state index contributed by atoms with van der Waals surface area (Å²) in [6, 6.07) is 0.200. The van der Waals surface area contributed by atoms with Crippen LogP contribution in [0.1, 0.15) is 19.1 Å². The Kier molecular flexibility index (Phi) is 2.20. The van der Waals surface area contributed by atoms with E-state index in [0.717, 1.165) is 18.7 Å². The summed E-state index contributed by atoms with van der Waals surface area (Å²) in [4.78, 5) is 5.94. The highest BCUT2D eigenvalue weighted by molar-refractivity contribution is 5.11. The average molecular weight is 197 g/mol. The zero-order valence-corrected chi connectivity index (χ0v) is 8.23. The molecule has 5 heteroatoms. The fraction of sp³-hybridized carbons (Fsp3) is 0.667. The minimum atomic E-state index is -0.564. The number of likely N-dealkylation sites (tertiary alicyclic amines) is 1. The van der Waals surface area contributed by atoms with E-state index in [-0.39, 0.29) is 6.01 Å². The number of rotatable bonds is 2. The van der Waals surface area contributed by atoms with Crippen LogP contribution < -0.4 is 5.73 Å². The largest absolute Gasteiger partial charge is 0.428 e. The average Bonchev–Trinajstić information content (AvgIpc) is 2.59. The Morgan fingerprint density at radius 2 is 2.57 bits per heavy atom. The molecule has 0 aliphatic carbocycles. The highest BCUT2D eigenvalue weighted by Crippen LogP contribution is 2.22. The lowest BCUT2D eigenvalue weighted by molar-refractivity contribution is 0.0671. The lowest BCUT2D eigenvalue weighted by Crippen LogP contribution is -2.29. The molecule has 0 aromatic carbocycles. The minimum Gasteiger partial charge on any atom is -0.428 e. The number of oxazole rings is 1. The van der Waals surface area contributed by atoms with E-state index in [1.165, 1.54) is 0 Å². The second kappa shape index (κ2) is 3.25. The van der Waals surface area contributed by atoms with Gasteiger partial charge < -0.3 is 15.3 Å². The number of nitrogens with zero attached hydrogens (tertiary/aromatic N) is 2. The van der Waals surface area contributed by atoms with Crippen molar-refractivity contribution in [2.45, 2.75) is 25.5 Å².